The Bertz CT molecular complexity index is 610. The Labute approximate surface area is 129 Å². The summed E-state index contributed by atoms with van der Waals surface area (Å²) < 4.78 is 6.44. The molecule has 2 nitrogen and oxygen atoms in total. The van der Waals surface area contributed by atoms with Crippen molar-refractivity contribution in [3.8, 4) is 5.75 Å². The molecule has 0 aliphatic carbocycles. The number of aryl methyl sites for hydroxylation is 2. The van der Waals surface area contributed by atoms with E-state index < -0.39 is 0 Å². The molecule has 0 bridgehead atoms. The molecular weight excluding hydrogens is 314 g/mol. The van der Waals surface area contributed by atoms with Crippen molar-refractivity contribution >= 4 is 15.9 Å². The van der Waals surface area contributed by atoms with E-state index in [-0.39, 0.29) is 6.04 Å². The number of rotatable bonds is 4. The van der Waals surface area contributed by atoms with Crippen molar-refractivity contribution in [1.29, 1.82) is 0 Å². The predicted molar refractivity (Wildman–Crippen MR) is 87.2 cm³/mol. The number of halogens is 1. The molecule has 2 aromatic carbocycles. The molecule has 0 saturated heterocycles. The third-order valence-electron chi connectivity index (χ3n) is 3.53. The quantitative estimate of drug-likeness (QED) is 0.904. The van der Waals surface area contributed by atoms with E-state index in [1.807, 2.05) is 19.1 Å². The van der Waals surface area contributed by atoms with Crippen LogP contribution in [-0.2, 0) is 6.42 Å². The van der Waals surface area contributed by atoms with Crippen LogP contribution in [0.4, 0.5) is 0 Å². The standard InChI is InChI=1S/C17H20BrNO/c1-11-8-17(20-3)12(2)7-15(11)16(19)10-13-5-4-6-14(18)9-13/h4-9,16H,10,19H2,1-3H3. The maximum atomic E-state index is 6.38. The zero-order valence-corrected chi connectivity index (χ0v) is 13.7. The fraction of sp³-hybridized carbons (Fsp3) is 0.294. The Morgan fingerprint density at radius 2 is 1.90 bits per heavy atom. The number of ether oxygens (including phenoxy) is 1. The Balaban J connectivity index is 2.25. The molecule has 0 radical (unpaired) electrons. The van der Waals surface area contributed by atoms with Gasteiger partial charge in [0.05, 0.1) is 7.11 Å². The molecule has 0 spiro atoms. The Morgan fingerprint density at radius 3 is 2.55 bits per heavy atom. The lowest BCUT2D eigenvalue weighted by molar-refractivity contribution is 0.411. The van der Waals surface area contributed by atoms with Gasteiger partial charge in [-0.15, -0.1) is 0 Å². The monoisotopic (exact) mass is 333 g/mol. The zero-order valence-electron chi connectivity index (χ0n) is 12.1. The summed E-state index contributed by atoms with van der Waals surface area (Å²) in [5.74, 6) is 0.918. The molecule has 106 valence electrons. The minimum absolute atomic E-state index is 0.00564. The maximum Gasteiger partial charge on any atom is 0.122 e. The van der Waals surface area contributed by atoms with Crippen LogP contribution in [0.3, 0.4) is 0 Å². The molecular formula is C17H20BrNO. The minimum Gasteiger partial charge on any atom is -0.496 e. The van der Waals surface area contributed by atoms with Crippen LogP contribution in [0.2, 0.25) is 0 Å². The summed E-state index contributed by atoms with van der Waals surface area (Å²) in [6.45, 7) is 4.13. The van der Waals surface area contributed by atoms with Crippen molar-refractivity contribution in [1.82, 2.24) is 0 Å². The van der Waals surface area contributed by atoms with Crippen molar-refractivity contribution in [2.24, 2.45) is 5.73 Å². The molecule has 0 aliphatic rings. The number of methoxy groups -OCH3 is 1. The van der Waals surface area contributed by atoms with Gasteiger partial charge < -0.3 is 10.5 Å². The lowest BCUT2D eigenvalue weighted by Crippen LogP contribution is -2.15. The van der Waals surface area contributed by atoms with Crippen LogP contribution in [0.15, 0.2) is 40.9 Å². The first kappa shape index (κ1) is 15.1. The van der Waals surface area contributed by atoms with E-state index in [4.69, 9.17) is 10.5 Å². The molecule has 0 fully saturated rings. The minimum atomic E-state index is -0.00564. The van der Waals surface area contributed by atoms with Gasteiger partial charge in [-0.25, -0.2) is 0 Å². The Kier molecular flexibility index (Phi) is 4.84. The Morgan fingerprint density at radius 1 is 1.15 bits per heavy atom. The lowest BCUT2D eigenvalue weighted by Gasteiger charge is -2.17. The first-order valence-corrected chi connectivity index (χ1v) is 7.45. The van der Waals surface area contributed by atoms with E-state index >= 15 is 0 Å². The number of benzene rings is 2. The van der Waals surface area contributed by atoms with Crippen LogP contribution in [-0.4, -0.2) is 7.11 Å². The maximum absolute atomic E-state index is 6.38. The molecule has 0 amide bonds. The van der Waals surface area contributed by atoms with Gasteiger partial charge >= 0.3 is 0 Å². The van der Waals surface area contributed by atoms with Crippen LogP contribution in [0.25, 0.3) is 0 Å². The van der Waals surface area contributed by atoms with Crippen molar-refractivity contribution in [2.45, 2.75) is 26.3 Å². The van der Waals surface area contributed by atoms with Gasteiger partial charge in [0.2, 0.25) is 0 Å². The van der Waals surface area contributed by atoms with Gasteiger partial charge in [-0.2, -0.15) is 0 Å². The average Bonchev–Trinajstić information content (AvgIpc) is 2.40. The van der Waals surface area contributed by atoms with E-state index in [2.05, 4.69) is 47.1 Å². The summed E-state index contributed by atoms with van der Waals surface area (Å²) in [6.07, 6.45) is 0.825. The topological polar surface area (TPSA) is 35.2 Å². The smallest absolute Gasteiger partial charge is 0.122 e. The van der Waals surface area contributed by atoms with Crippen molar-refractivity contribution < 1.29 is 4.74 Å². The largest absolute Gasteiger partial charge is 0.496 e. The highest BCUT2D eigenvalue weighted by Gasteiger charge is 2.12. The molecule has 2 rings (SSSR count). The third-order valence-corrected chi connectivity index (χ3v) is 4.02. The molecule has 0 aliphatic heterocycles. The van der Waals surface area contributed by atoms with Gasteiger partial charge in [0.1, 0.15) is 5.75 Å². The van der Waals surface area contributed by atoms with Crippen LogP contribution < -0.4 is 10.5 Å². The zero-order chi connectivity index (χ0) is 14.7. The number of nitrogens with two attached hydrogens (primary N) is 1. The molecule has 1 atom stereocenters. The van der Waals surface area contributed by atoms with Crippen molar-refractivity contribution in [3.63, 3.8) is 0 Å². The highest BCUT2D eigenvalue weighted by Crippen LogP contribution is 2.27. The second kappa shape index (κ2) is 6.42. The van der Waals surface area contributed by atoms with Gasteiger partial charge in [-0.05, 0) is 60.7 Å². The molecule has 0 aromatic heterocycles. The fourth-order valence-electron chi connectivity index (χ4n) is 2.46. The molecule has 20 heavy (non-hydrogen) atoms. The normalized spacial score (nSPS) is 12.2. The van der Waals surface area contributed by atoms with E-state index in [1.165, 1.54) is 16.7 Å². The molecule has 0 heterocycles. The highest BCUT2D eigenvalue weighted by molar-refractivity contribution is 9.10. The van der Waals surface area contributed by atoms with Gasteiger partial charge in [-0.3, -0.25) is 0 Å². The SMILES string of the molecule is COc1cc(C)c(C(N)Cc2cccc(Br)c2)cc1C. The molecule has 1 unspecified atom stereocenters. The number of hydrogen-bond acceptors (Lipinski definition) is 2. The fourth-order valence-corrected chi connectivity index (χ4v) is 2.91. The van der Waals surface area contributed by atoms with Crippen molar-refractivity contribution in [3.05, 3.63) is 63.1 Å². The van der Waals surface area contributed by atoms with Crippen LogP contribution >= 0.6 is 15.9 Å². The van der Waals surface area contributed by atoms with Crippen LogP contribution in [0.5, 0.6) is 5.75 Å². The van der Waals surface area contributed by atoms with Crippen LogP contribution in [0.1, 0.15) is 28.3 Å². The first-order valence-electron chi connectivity index (χ1n) is 6.66. The number of hydrogen-bond donors (Lipinski definition) is 1. The molecule has 2 N–H and O–H groups in total. The first-order chi connectivity index (χ1) is 9.51. The predicted octanol–water partition coefficient (Wildman–Crippen LogP) is 4.32. The molecule has 3 heteroatoms. The van der Waals surface area contributed by atoms with Crippen molar-refractivity contribution in [2.75, 3.05) is 7.11 Å². The van der Waals surface area contributed by atoms with Gasteiger partial charge in [0.15, 0.2) is 0 Å². The Hall–Kier alpha value is -1.32. The van der Waals surface area contributed by atoms with Gasteiger partial charge in [0, 0.05) is 10.5 Å². The summed E-state index contributed by atoms with van der Waals surface area (Å²) in [6, 6.07) is 12.5. The van der Waals surface area contributed by atoms with E-state index in [9.17, 15) is 0 Å². The van der Waals surface area contributed by atoms with Gasteiger partial charge in [-0.1, -0.05) is 34.1 Å². The third kappa shape index (κ3) is 3.41. The highest BCUT2D eigenvalue weighted by atomic mass is 79.9. The summed E-state index contributed by atoms with van der Waals surface area (Å²) in [5.41, 5.74) is 11.1. The summed E-state index contributed by atoms with van der Waals surface area (Å²) >= 11 is 3.50. The molecule has 2 aromatic rings. The summed E-state index contributed by atoms with van der Waals surface area (Å²) in [4.78, 5) is 0. The second-order valence-corrected chi connectivity index (χ2v) is 6.03. The summed E-state index contributed by atoms with van der Waals surface area (Å²) in [5, 5.41) is 0. The summed E-state index contributed by atoms with van der Waals surface area (Å²) in [7, 11) is 1.70. The van der Waals surface area contributed by atoms with E-state index in [0.717, 1.165) is 22.2 Å². The van der Waals surface area contributed by atoms with Gasteiger partial charge in [0.25, 0.3) is 0 Å². The average molecular weight is 334 g/mol. The van der Waals surface area contributed by atoms with Crippen LogP contribution in [0, 0.1) is 13.8 Å². The lowest BCUT2D eigenvalue weighted by atomic mass is 9.94. The second-order valence-electron chi connectivity index (χ2n) is 5.12. The molecule has 0 saturated carbocycles. The van der Waals surface area contributed by atoms with E-state index in [1.54, 1.807) is 7.11 Å². The van der Waals surface area contributed by atoms with E-state index in [0.29, 0.717) is 0 Å².